The smallest absolute Gasteiger partial charge is 0.247 e. The number of hydrogen-bond donors (Lipinski definition) is 0. The zero-order valence-corrected chi connectivity index (χ0v) is 9.25. The Labute approximate surface area is 89.3 Å². The van der Waals surface area contributed by atoms with Gasteiger partial charge in [-0.25, -0.2) is 9.98 Å². The average molecular weight is 205 g/mol. The van der Waals surface area contributed by atoms with Gasteiger partial charge in [0.2, 0.25) is 5.96 Å². The molecule has 5 heteroatoms. The monoisotopic (exact) mass is 205 g/mol. The van der Waals surface area contributed by atoms with Crippen molar-refractivity contribution in [1.82, 2.24) is 14.8 Å². The fraction of sp³-hybridized carbons (Fsp3) is 0.400. The van der Waals surface area contributed by atoms with Crippen LogP contribution in [0.5, 0.6) is 0 Å². The number of rotatable bonds is 2. The highest BCUT2D eigenvalue weighted by molar-refractivity contribution is 5.91. The molecule has 5 nitrogen and oxygen atoms in total. The lowest BCUT2D eigenvalue weighted by Gasteiger charge is -2.06. The third-order valence-corrected chi connectivity index (χ3v) is 1.78. The van der Waals surface area contributed by atoms with Crippen LogP contribution in [0.4, 0.5) is 0 Å². The standard InChI is InChI=1S/C10H15N5/c1-5-6-12-10(11-4)15-9(8(2)3)13-7-14-15/h5-8H,1H2,2-4H3/b11-10?,12-6-. The van der Waals surface area contributed by atoms with Crippen LogP contribution in [0.2, 0.25) is 0 Å². The molecule has 0 aliphatic heterocycles. The second kappa shape index (κ2) is 5.19. The lowest BCUT2D eigenvalue weighted by molar-refractivity contribution is 0.731. The molecule has 80 valence electrons. The van der Waals surface area contributed by atoms with Crippen molar-refractivity contribution in [2.45, 2.75) is 19.8 Å². The summed E-state index contributed by atoms with van der Waals surface area (Å²) in [6, 6.07) is 0. The van der Waals surface area contributed by atoms with Crippen molar-refractivity contribution in [2.75, 3.05) is 7.05 Å². The summed E-state index contributed by atoms with van der Waals surface area (Å²) in [6.07, 6.45) is 4.68. The van der Waals surface area contributed by atoms with Crippen LogP contribution in [0.25, 0.3) is 0 Å². The fourth-order valence-corrected chi connectivity index (χ4v) is 1.12. The van der Waals surface area contributed by atoms with Gasteiger partial charge in [0.25, 0.3) is 0 Å². The van der Waals surface area contributed by atoms with Crippen LogP contribution >= 0.6 is 0 Å². The molecule has 15 heavy (non-hydrogen) atoms. The summed E-state index contributed by atoms with van der Waals surface area (Å²) in [4.78, 5) is 12.3. The maximum absolute atomic E-state index is 4.16. The van der Waals surface area contributed by atoms with E-state index in [1.807, 2.05) is 13.8 Å². The van der Waals surface area contributed by atoms with Crippen molar-refractivity contribution >= 4 is 12.2 Å². The Bertz CT molecular complexity index is 386. The van der Waals surface area contributed by atoms with E-state index in [1.54, 1.807) is 24.0 Å². The molecule has 0 unspecified atom stereocenters. The van der Waals surface area contributed by atoms with Gasteiger partial charge in [-0.1, -0.05) is 26.5 Å². The first kappa shape index (κ1) is 11.3. The summed E-state index contributed by atoms with van der Waals surface area (Å²) in [5, 5.41) is 4.09. The van der Waals surface area contributed by atoms with Crippen LogP contribution in [-0.4, -0.2) is 34.0 Å². The Balaban J connectivity index is 3.08. The largest absolute Gasteiger partial charge is 0.253 e. The Morgan fingerprint density at radius 3 is 2.87 bits per heavy atom. The Kier molecular flexibility index (Phi) is 3.91. The average Bonchev–Trinajstić information content (AvgIpc) is 2.68. The number of hydrogen-bond acceptors (Lipinski definition) is 3. The summed E-state index contributed by atoms with van der Waals surface area (Å²) < 4.78 is 1.63. The molecule has 0 N–H and O–H groups in total. The number of allylic oxidation sites excluding steroid dienone is 1. The molecule has 0 aliphatic rings. The van der Waals surface area contributed by atoms with Gasteiger partial charge in [0.15, 0.2) is 0 Å². The van der Waals surface area contributed by atoms with Gasteiger partial charge in [-0.2, -0.15) is 9.78 Å². The third-order valence-electron chi connectivity index (χ3n) is 1.78. The highest BCUT2D eigenvalue weighted by Gasteiger charge is 2.11. The molecular formula is C10H15N5. The minimum atomic E-state index is 0.281. The van der Waals surface area contributed by atoms with Gasteiger partial charge in [-0.15, -0.1) is 0 Å². The summed E-state index contributed by atoms with van der Waals surface area (Å²) in [7, 11) is 1.67. The van der Waals surface area contributed by atoms with Gasteiger partial charge in [0.1, 0.15) is 12.2 Å². The first-order valence-corrected chi connectivity index (χ1v) is 4.72. The van der Waals surface area contributed by atoms with E-state index in [-0.39, 0.29) is 5.92 Å². The third kappa shape index (κ3) is 2.59. The molecule has 0 amide bonds. The van der Waals surface area contributed by atoms with Crippen molar-refractivity contribution in [2.24, 2.45) is 9.98 Å². The van der Waals surface area contributed by atoms with E-state index >= 15 is 0 Å². The van der Waals surface area contributed by atoms with Crippen LogP contribution in [0.15, 0.2) is 29.0 Å². The van der Waals surface area contributed by atoms with Crippen LogP contribution in [-0.2, 0) is 0 Å². The second-order valence-corrected chi connectivity index (χ2v) is 3.22. The van der Waals surface area contributed by atoms with Crippen molar-refractivity contribution in [3.05, 3.63) is 24.8 Å². The van der Waals surface area contributed by atoms with Crippen molar-refractivity contribution in [3.8, 4) is 0 Å². The first-order chi connectivity index (χ1) is 7.20. The zero-order chi connectivity index (χ0) is 11.3. The maximum atomic E-state index is 4.16. The summed E-state index contributed by atoms with van der Waals surface area (Å²) >= 11 is 0. The Hall–Kier alpha value is -1.78. The molecule has 1 aromatic rings. The lowest BCUT2D eigenvalue weighted by Crippen LogP contribution is -2.15. The predicted molar refractivity (Wildman–Crippen MR) is 61.6 cm³/mol. The zero-order valence-electron chi connectivity index (χ0n) is 9.25. The minimum Gasteiger partial charge on any atom is -0.253 e. The second-order valence-electron chi connectivity index (χ2n) is 3.22. The van der Waals surface area contributed by atoms with Crippen LogP contribution in [0, 0.1) is 0 Å². The van der Waals surface area contributed by atoms with Gasteiger partial charge < -0.3 is 0 Å². The molecule has 1 aromatic heterocycles. The normalized spacial score (nSPS) is 12.7. The topological polar surface area (TPSA) is 55.4 Å². The summed E-state index contributed by atoms with van der Waals surface area (Å²) in [5.74, 6) is 1.64. The van der Waals surface area contributed by atoms with E-state index < -0.39 is 0 Å². The molecule has 1 heterocycles. The molecule has 0 aliphatic carbocycles. The molecule has 0 aromatic carbocycles. The van der Waals surface area contributed by atoms with E-state index in [4.69, 9.17) is 0 Å². The highest BCUT2D eigenvalue weighted by atomic mass is 15.4. The van der Waals surface area contributed by atoms with Gasteiger partial charge in [0, 0.05) is 19.2 Å². The molecule has 0 saturated carbocycles. The van der Waals surface area contributed by atoms with Gasteiger partial charge in [-0.3, -0.25) is 4.99 Å². The van der Waals surface area contributed by atoms with Crippen molar-refractivity contribution in [3.63, 3.8) is 0 Å². The van der Waals surface area contributed by atoms with Crippen molar-refractivity contribution in [1.29, 1.82) is 0 Å². The summed E-state index contributed by atoms with van der Waals surface area (Å²) in [5.41, 5.74) is 0. The minimum absolute atomic E-state index is 0.281. The van der Waals surface area contributed by atoms with Gasteiger partial charge >= 0.3 is 0 Å². The van der Waals surface area contributed by atoms with E-state index in [2.05, 4.69) is 26.6 Å². The fourth-order valence-electron chi connectivity index (χ4n) is 1.12. The number of nitrogens with zero attached hydrogens (tertiary/aromatic N) is 5. The highest BCUT2D eigenvalue weighted by Crippen LogP contribution is 2.09. The van der Waals surface area contributed by atoms with E-state index in [9.17, 15) is 0 Å². The lowest BCUT2D eigenvalue weighted by atomic mass is 10.2. The Morgan fingerprint density at radius 1 is 1.60 bits per heavy atom. The number of aromatic nitrogens is 3. The Morgan fingerprint density at radius 2 is 2.33 bits per heavy atom. The SMILES string of the molecule is C=C/C=N\C(=NC)n1ncnc1C(C)C. The van der Waals surface area contributed by atoms with Crippen LogP contribution in [0.1, 0.15) is 25.6 Å². The summed E-state index contributed by atoms with van der Waals surface area (Å²) in [6.45, 7) is 7.65. The first-order valence-electron chi connectivity index (χ1n) is 4.72. The molecule has 0 saturated heterocycles. The molecular weight excluding hydrogens is 190 g/mol. The molecule has 0 fully saturated rings. The van der Waals surface area contributed by atoms with Gasteiger partial charge in [0.05, 0.1) is 0 Å². The molecule has 0 radical (unpaired) electrons. The van der Waals surface area contributed by atoms with Gasteiger partial charge in [-0.05, 0) is 0 Å². The van der Waals surface area contributed by atoms with Crippen LogP contribution in [0.3, 0.4) is 0 Å². The quantitative estimate of drug-likeness (QED) is 0.542. The van der Waals surface area contributed by atoms with Crippen LogP contribution < -0.4 is 0 Å². The van der Waals surface area contributed by atoms with E-state index in [1.165, 1.54) is 6.33 Å². The van der Waals surface area contributed by atoms with E-state index in [0.29, 0.717) is 5.96 Å². The maximum Gasteiger partial charge on any atom is 0.247 e. The number of aliphatic imine (C=N–C) groups is 2. The molecule has 0 spiro atoms. The molecule has 0 atom stereocenters. The molecule has 0 bridgehead atoms. The van der Waals surface area contributed by atoms with Crippen molar-refractivity contribution < 1.29 is 0 Å². The molecule has 1 rings (SSSR count). The predicted octanol–water partition coefficient (Wildman–Crippen LogP) is 1.49. The van der Waals surface area contributed by atoms with E-state index in [0.717, 1.165) is 5.82 Å².